The van der Waals surface area contributed by atoms with Crippen LogP contribution in [0.2, 0.25) is 0 Å². The third-order valence-electron chi connectivity index (χ3n) is 11.9. The van der Waals surface area contributed by atoms with Crippen LogP contribution in [0.15, 0.2) is 181 Å². The maximum absolute atomic E-state index is 3.97. The Labute approximate surface area is 321 Å². The van der Waals surface area contributed by atoms with Crippen LogP contribution in [0.25, 0.3) is 77.9 Å². The van der Waals surface area contributed by atoms with Gasteiger partial charge in [-0.05, 0) is 126 Å². The first-order chi connectivity index (χ1) is 27.3. The van der Waals surface area contributed by atoms with Gasteiger partial charge in [0.2, 0.25) is 0 Å². The Morgan fingerprint density at radius 3 is 2.04 bits per heavy atom. The standard InChI is InChI=1S/C53H40N2/c1-3-17-36(18-4-1)51-44-25-11-12-26-45(44)52(43-27-15-19-35-16-7-8-22-39(35)43)46-31-30-37(34-48(46)51)40-32-33-47(42-24-10-9-23-41(40)42)53-54-49-28-13-14-29-50(49)55(53)38-20-5-2-6-21-38/h1-10,14-27,29-34,53-54H,11-13,28H2. The molecule has 11 rings (SSSR count). The van der Waals surface area contributed by atoms with Crippen molar-refractivity contribution in [1.82, 2.24) is 5.32 Å². The second kappa shape index (κ2) is 13.0. The molecule has 0 radical (unpaired) electrons. The van der Waals surface area contributed by atoms with E-state index in [1.165, 1.54) is 98.8 Å². The summed E-state index contributed by atoms with van der Waals surface area (Å²) in [6, 6.07) is 58.4. The SMILES string of the molecule is C1=CC2=C(CC1)NC(c1ccc(-c3ccc4c(-c5cccc6ccccc56)c5c(c(-c6ccccc6)c4c3)=CCCC=5)c3ccccc13)N2c1ccccc1. The molecule has 2 aliphatic carbocycles. The summed E-state index contributed by atoms with van der Waals surface area (Å²) in [7, 11) is 0. The van der Waals surface area contributed by atoms with E-state index in [9.17, 15) is 0 Å². The first kappa shape index (κ1) is 31.8. The summed E-state index contributed by atoms with van der Waals surface area (Å²) >= 11 is 0. The molecule has 0 saturated heterocycles. The highest BCUT2D eigenvalue weighted by Crippen LogP contribution is 2.44. The minimum absolute atomic E-state index is 0.00282. The Morgan fingerprint density at radius 2 is 1.20 bits per heavy atom. The van der Waals surface area contributed by atoms with Crippen molar-refractivity contribution >= 4 is 50.2 Å². The Hall–Kier alpha value is -6.64. The third kappa shape index (κ3) is 5.16. The summed E-state index contributed by atoms with van der Waals surface area (Å²) in [6.45, 7) is 0. The number of allylic oxidation sites excluding steroid dienone is 3. The number of para-hydroxylation sites is 1. The summed E-state index contributed by atoms with van der Waals surface area (Å²) in [5, 5.41) is 14.4. The smallest absolute Gasteiger partial charge is 0.130 e. The zero-order valence-electron chi connectivity index (χ0n) is 30.7. The molecule has 262 valence electrons. The van der Waals surface area contributed by atoms with E-state index in [2.05, 4.69) is 192 Å². The van der Waals surface area contributed by atoms with Gasteiger partial charge in [-0.3, -0.25) is 0 Å². The first-order valence-corrected chi connectivity index (χ1v) is 19.7. The summed E-state index contributed by atoms with van der Waals surface area (Å²) in [6.07, 6.45) is 13.8. The summed E-state index contributed by atoms with van der Waals surface area (Å²) in [5.74, 6) is 0. The lowest BCUT2D eigenvalue weighted by atomic mass is 9.83. The molecule has 55 heavy (non-hydrogen) atoms. The van der Waals surface area contributed by atoms with Crippen molar-refractivity contribution in [2.45, 2.75) is 31.8 Å². The van der Waals surface area contributed by atoms with Gasteiger partial charge in [0.05, 0.1) is 5.70 Å². The number of nitrogens with one attached hydrogen (secondary N) is 1. The van der Waals surface area contributed by atoms with Crippen LogP contribution >= 0.6 is 0 Å². The van der Waals surface area contributed by atoms with Crippen LogP contribution in [0.3, 0.4) is 0 Å². The van der Waals surface area contributed by atoms with Crippen molar-refractivity contribution in [2.75, 3.05) is 4.90 Å². The maximum atomic E-state index is 3.97. The van der Waals surface area contributed by atoms with Crippen LogP contribution in [0.4, 0.5) is 5.69 Å². The molecule has 8 aromatic rings. The minimum Gasteiger partial charge on any atom is -0.363 e. The molecule has 2 heteroatoms. The highest BCUT2D eigenvalue weighted by Gasteiger charge is 2.34. The van der Waals surface area contributed by atoms with Gasteiger partial charge in [-0.15, -0.1) is 0 Å². The van der Waals surface area contributed by atoms with E-state index in [4.69, 9.17) is 0 Å². The molecule has 0 bridgehead atoms. The van der Waals surface area contributed by atoms with Gasteiger partial charge >= 0.3 is 0 Å². The van der Waals surface area contributed by atoms with Gasteiger partial charge in [-0.2, -0.15) is 0 Å². The lowest BCUT2D eigenvalue weighted by Crippen LogP contribution is -2.31. The molecule has 0 spiro atoms. The monoisotopic (exact) mass is 704 g/mol. The highest BCUT2D eigenvalue weighted by atomic mass is 15.3. The highest BCUT2D eigenvalue weighted by molar-refractivity contribution is 6.12. The van der Waals surface area contributed by atoms with Crippen LogP contribution in [-0.2, 0) is 0 Å². The number of anilines is 1. The molecule has 8 aromatic carbocycles. The van der Waals surface area contributed by atoms with Gasteiger partial charge in [0.15, 0.2) is 0 Å². The Morgan fingerprint density at radius 1 is 0.491 bits per heavy atom. The first-order valence-electron chi connectivity index (χ1n) is 19.7. The number of rotatable bonds is 5. The summed E-state index contributed by atoms with van der Waals surface area (Å²) < 4.78 is 0. The normalized spacial score (nSPS) is 16.1. The molecule has 2 nitrogen and oxygen atoms in total. The Bertz CT molecular complexity index is 3000. The zero-order valence-corrected chi connectivity index (χ0v) is 30.7. The number of fused-ring (bicyclic) bond motifs is 4. The molecule has 0 saturated carbocycles. The van der Waals surface area contributed by atoms with Crippen molar-refractivity contribution in [3.63, 3.8) is 0 Å². The van der Waals surface area contributed by atoms with E-state index in [1.54, 1.807) is 0 Å². The van der Waals surface area contributed by atoms with Crippen molar-refractivity contribution in [1.29, 1.82) is 0 Å². The van der Waals surface area contributed by atoms with Crippen LogP contribution in [0.1, 0.15) is 37.4 Å². The van der Waals surface area contributed by atoms with E-state index < -0.39 is 0 Å². The second-order valence-corrected chi connectivity index (χ2v) is 15.0. The lowest BCUT2D eigenvalue weighted by molar-refractivity contribution is 0.639. The summed E-state index contributed by atoms with van der Waals surface area (Å²) in [4.78, 5) is 2.49. The van der Waals surface area contributed by atoms with Crippen molar-refractivity contribution in [3.8, 4) is 33.4 Å². The van der Waals surface area contributed by atoms with E-state index in [-0.39, 0.29) is 6.17 Å². The van der Waals surface area contributed by atoms with E-state index in [0.29, 0.717) is 0 Å². The molecule has 3 aliphatic rings. The fourth-order valence-corrected chi connectivity index (χ4v) is 9.52. The molecular formula is C53H40N2. The van der Waals surface area contributed by atoms with Crippen LogP contribution in [0.5, 0.6) is 0 Å². The van der Waals surface area contributed by atoms with Crippen molar-refractivity contribution in [3.05, 3.63) is 197 Å². The average molecular weight is 705 g/mol. The predicted octanol–water partition coefficient (Wildman–Crippen LogP) is 12.2. The molecule has 1 unspecified atom stereocenters. The lowest BCUT2D eigenvalue weighted by Gasteiger charge is -2.30. The van der Waals surface area contributed by atoms with Gasteiger partial charge in [0.1, 0.15) is 6.17 Å². The second-order valence-electron chi connectivity index (χ2n) is 15.0. The van der Waals surface area contributed by atoms with E-state index in [1.807, 2.05) is 0 Å². The molecule has 1 heterocycles. The van der Waals surface area contributed by atoms with E-state index in [0.717, 1.165) is 25.7 Å². The number of nitrogens with zero attached hydrogens (tertiary/aromatic N) is 1. The largest absolute Gasteiger partial charge is 0.363 e. The van der Waals surface area contributed by atoms with Crippen LogP contribution in [0, 0.1) is 0 Å². The summed E-state index contributed by atoms with van der Waals surface area (Å²) in [5.41, 5.74) is 12.8. The molecule has 0 amide bonds. The van der Waals surface area contributed by atoms with Gasteiger partial charge in [0.25, 0.3) is 0 Å². The topological polar surface area (TPSA) is 15.3 Å². The van der Waals surface area contributed by atoms with Gasteiger partial charge < -0.3 is 10.2 Å². The quantitative estimate of drug-likeness (QED) is 0.192. The number of benzene rings is 8. The van der Waals surface area contributed by atoms with Crippen LogP contribution in [-0.4, -0.2) is 0 Å². The van der Waals surface area contributed by atoms with Crippen molar-refractivity contribution in [2.24, 2.45) is 0 Å². The molecule has 1 N–H and O–H groups in total. The molecular weight excluding hydrogens is 665 g/mol. The molecule has 0 fully saturated rings. The van der Waals surface area contributed by atoms with Crippen molar-refractivity contribution < 1.29 is 0 Å². The average Bonchev–Trinajstić information content (AvgIpc) is 3.65. The third-order valence-corrected chi connectivity index (χ3v) is 11.9. The number of hydrogen-bond acceptors (Lipinski definition) is 2. The predicted molar refractivity (Wildman–Crippen MR) is 233 cm³/mol. The van der Waals surface area contributed by atoms with Gasteiger partial charge in [-0.1, -0.05) is 158 Å². The number of hydrogen-bond donors (Lipinski definition) is 1. The molecule has 1 atom stereocenters. The molecule has 1 aliphatic heterocycles. The maximum Gasteiger partial charge on any atom is 0.130 e. The fraction of sp³-hybridized carbons (Fsp3) is 0.0943. The fourth-order valence-electron chi connectivity index (χ4n) is 9.52. The van der Waals surface area contributed by atoms with Crippen LogP contribution < -0.4 is 20.7 Å². The van der Waals surface area contributed by atoms with Gasteiger partial charge in [-0.25, -0.2) is 0 Å². The van der Waals surface area contributed by atoms with Gasteiger partial charge in [0, 0.05) is 16.9 Å². The molecule has 0 aromatic heterocycles. The Balaban J connectivity index is 1.15. The van der Waals surface area contributed by atoms with E-state index >= 15 is 0 Å². The zero-order chi connectivity index (χ0) is 36.3. The Kier molecular flexibility index (Phi) is 7.55. The minimum atomic E-state index is -0.00282.